The van der Waals surface area contributed by atoms with E-state index in [1.165, 1.54) is 6.92 Å². The Hall–Kier alpha value is -3.44. The van der Waals surface area contributed by atoms with E-state index in [0.29, 0.717) is 29.9 Å². The van der Waals surface area contributed by atoms with E-state index in [9.17, 15) is 22.8 Å². The second-order valence-corrected chi connectivity index (χ2v) is 9.69. The quantitative estimate of drug-likeness (QED) is 0.395. The van der Waals surface area contributed by atoms with Crippen LogP contribution in [0.15, 0.2) is 53.3 Å². The molecule has 0 bridgehead atoms. The minimum atomic E-state index is -5.08. The van der Waals surface area contributed by atoms with Crippen LogP contribution in [0.2, 0.25) is 5.02 Å². The van der Waals surface area contributed by atoms with E-state index >= 15 is 0 Å². The van der Waals surface area contributed by atoms with Crippen LogP contribution < -0.4 is 10.9 Å². The lowest BCUT2D eigenvalue weighted by atomic mass is 10.0. The number of benzene rings is 2. The zero-order valence-corrected chi connectivity index (χ0v) is 22.1. The lowest BCUT2D eigenvalue weighted by Crippen LogP contribution is -2.38. The van der Waals surface area contributed by atoms with E-state index < -0.39 is 12.1 Å². The average Bonchev–Trinajstić information content (AvgIpc) is 3.32. The molecular formula is C27H30ClF3N4O4. The molecule has 1 aliphatic rings. The van der Waals surface area contributed by atoms with Crippen molar-refractivity contribution in [3.63, 3.8) is 0 Å². The van der Waals surface area contributed by atoms with Gasteiger partial charge in [-0.3, -0.25) is 14.5 Å². The van der Waals surface area contributed by atoms with E-state index in [2.05, 4.69) is 10.2 Å². The summed E-state index contributed by atoms with van der Waals surface area (Å²) in [7, 11) is 0. The SMILES string of the molecule is CC(=O)NCCCN1CCC[C@@H]1Cn1nc(Cc2ccc(Cl)cc2)c2ccccc2c1=O.O=C(O)C(F)(F)F. The molecule has 210 valence electrons. The number of alkyl halides is 3. The number of hydrogen-bond donors (Lipinski definition) is 2. The van der Waals surface area contributed by atoms with Gasteiger partial charge < -0.3 is 10.4 Å². The number of carbonyl (C=O) groups is 2. The van der Waals surface area contributed by atoms with Crippen LogP contribution in [0.1, 0.15) is 37.4 Å². The van der Waals surface area contributed by atoms with Crippen molar-refractivity contribution in [1.82, 2.24) is 20.0 Å². The zero-order valence-electron chi connectivity index (χ0n) is 21.4. The lowest BCUT2D eigenvalue weighted by molar-refractivity contribution is -0.192. The molecule has 2 heterocycles. The molecule has 1 saturated heterocycles. The van der Waals surface area contributed by atoms with Crippen LogP contribution in [-0.4, -0.2) is 63.5 Å². The Kier molecular flexibility index (Phi) is 10.5. The molecule has 0 saturated carbocycles. The molecule has 2 aromatic carbocycles. The van der Waals surface area contributed by atoms with Crippen LogP contribution in [-0.2, 0) is 22.6 Å². The summed E-state index contributed by atoms with van der Waals surface area (Å²) in [6.45, 7) is 4.73. The summed E-state index contributed by atoms with van der Waals surface area (Å²) in [5.74, 6) is -2.75. The maximum atomic E-state index is 13.2. The highest BCUT2D eigenvalue weighted by molar-refractivity contribution is 6.30. The first kappa shape index (κ1) is 30.1. The number of halogens is 4. The van der Waals surface area contributed by atoms with E-state index in [0.717, 1.165) is 49.0 Å². The number of carboxylic acids is 1. The van der Waals surface area contributed by atoms with Crippen molar-refractivity contribution in [2.75, 3.05) is 19.6 Å². The van der Waals surface area contributed by atoms with Gasteiger partial charge in [0.2, 0.25) is 5.91 Å². The van der Waals surface area contributed by atoms with Gasteiger partial charge in [0, 0.05) is 42.9 Å². The molecule has 1 atom stereocenters. The Morgan fingerprint density at radius 2 is 1.77 bits per heavy atom. The summed E-state index contributed by atoms with van der Waals surface area (Å²) in [5.41, 5.74) is 1.97. The highest BCUT2D eigenvalue weighted by Crippen LogP contribution is 2.21. The van der Waals surface area contributed by atoms with Gasteiger partial charge in [-0.1, -0.05) is 41.9 Å². The van der Waals surface area contributed by atoms with Gasteiger partial charge in [0.1, 0.15) is 0 Å². The second-order valence-electron chi connectivity index (χ2n) is 9.25. The van der Waals surface area contributed by atoms with Crippen molar-refractivity contribution in [2.24, 2.45) is 0 Å². The summed E-state index contributed by atoms with van der Waals surface area (Å²) >= 11 is 6.04. The fraction of sp³-hybridized carbons (Fsp3) is 0.407. The van der Waals surface area contributed by atoms with E-state index in [4.69, 9.17) is 26.6 Å². The van der Waals surface area contributed by atoms with Gasteiger partial charge in [-0.2, -0.15) is 18.3 Å². The van der Waals surface area contributed by atoms with Crippen LogP contribution in [0.25, 0.3) is 10.8 Å². The van der Waals surface area contributed by atoms with E-state index in [1.807, 2.05) is 48.5 Å². The number of nitrogens with one attached hydrogen (secondary N) is 1. The highest BCUT2D eigenvalue weighted by Gasteiger charge is 2.38. The molecule has 0 spiro atoms. The van der Waals surface area contributed by atoms with Crippen molar-refractivity contribution in [3.8, 4) is 0 Å². The molecular weight excluding hydrogens is 537 g/mol. The fourth-order valence-electron chi connectivity index (χ4n) is 4.50. The Balaban J connectivity index is 0.000000532. The third kappa shape index (κ3) is 8.79. The monoisotopic (exact) mass is 566 g/mol. The standard InChI is InChI=1S/C25H29ClN4O2.C2HF3O2/c1-18(31)27-13-5-15-29-14-4-6-21(29)17-30-25(32)23-8-3-2-7-22(23)24(28-30)16-19-9-11-20(26)12-10-19;3-2(4,5)1(6)7/h2-3,7-12,21H,4-6,13-17H2,1H3,(H,27,31);(H,6,7)/t21-;/m1./s1. The molecule has 12 heteroatoms. The number of nitrogens with zero attached hydrogens (tertiary/aromatic N) is 3. The summed E-state index contributed by atoms with van der Waals surface area (Å²) in [5, 5.41) is 17.1. The van der Waals surface area contributed by atoms with Crippen LogP contribution in [0.3, 0.4) is 0 Å². The van der Waals surface area contributed by atoms with Crippen LogP contribution in [0.4, 0.5) is 13.2 Å². The summed E-state index contributed by atoms with van der Waals surface area (Å²) in [6.07, 6.45) is -1.38. The van der Waals surface area contributed by atoms with Gasteiger partial charge in [-0.15, -0.1) is 0 Å². The number of likely N-dealkylation sites (tertiary alicyclic amines) is 1. The smallest absolute Gasteiger partial charge is 0.475 e. The number of carbonyl (C=O) groups excluding carboxylic acids is 1. The molecule has 39 heavy (non-hydrogen) atoms. The largest absolute Gasteiger partial charge is 0.490 e. The fourth-order valence-corrected chi connectivity index (χ4v) is 4.62. The maximum Gasteiger partial charge on any atom is 0.490 e. The van der Waals surface area contributed by atoms with Gasteiger partial charge >= 0.3 is 12.1 Å². The number of hydrogen-bond acceptors (Lipinski definition) is 5. The van der Waals surface area contributed by atoms with Gasteiger partial charge in [0.05, 0.1) is 17.6 Å². The molecule has 0 aliphatic carbocycles. The van der Waals surface area contributed by atoms with Gasteiger partial charge in [-0.05, 0) is 49.6 Å². The number of carboxylic acid groups (broad SMARTS) is 1. The van der Waals surface area contributed by atoms with Gasteiger partial charge in [0.25, 0.3) is 5.56 Å². The molecule has 1 aliphatic heterocycles. The molecule has 0 radical (unpaired) electrons. The third-order valence-electron chi connectivity index (χ3n) is 6.35. The number of amides is 1. The molecule has 1 aromatic heterocycles. The molecule has 3 aromatic rings. The molecule has 0 unspecified atom stereocenters. The molecule has 4 rings (SSSR count). The van der Waals surface area contributed by atoms with Crippen LogP contribution in [0, 0.1) is 0 Å². The number of aromatic nitrogens is 2. The predicted octanol–water partition coefficient (Wildman–Crippen LogP) is 4.26. The second kappa shape index (κ2) is 13.6. The first-order valence-electron chi connectivity index (χ1n) is 12.5. The minimum absolute atomic E-state index is 0.00287. The topological polar surface area (TPSA) is 105 Å². The Morgan fingerprint density at radius 1 is 1.13 bits per heavy atom. The summed E-state index contributed by atoms with van der Waals surface area (Å²) < 4.78 is 33.4. The van der Waals surface area contributed by atoms with Crippen molar-refractivity contribution in [2.45, 2.75) is 51.4 Å². The van der Waals surface area contributed by atoms with Crippen molar-refractivity contribution in [1.29, 1.82) is 0 Å². The Labute approximate surface area is 228 Å². The summed E-state index contributed by atoms with van der Waals surface area (Å²) in [4.78, 5) is 35.6. The molecule has 1 fully saturated rings. The Bertz CT molecular complexity index is 1350. The lowest BCUT2D eigenvalue weighted by Gasteiger charge is -2.25. The number of fused-ring (bicyclic) bond motifs is 1. The number of aliphatic carboxylic acids is 1. The van der Waals surface area contributed by atoms with Crippen LogP contribution in [0.5, 0.6) is 0 Å². The number of rotatable bonds is 8. The minimum Gasteiger partial charge on any atom is -0.475 e. The highest BCUT2D eigenvalue weighted by atomic mass is 35.5. The van der Waals surface area contributed by atoms with Crippen molar-refractivity contribution < 1.29 is 27.9 Å². The first-order chi connectivity index (χ1) is 18.5. The summed E-state index contributed by atoms with van der Waals surface area (Å²) in [6, 6.07) is 15.8. The van der Waals surface area contributed by atoms with E-state index in [1.54, 1.807) is 4.68 Å². The van der Waals surface area contributed by atoms with Gasteiger partial charge in [0.15, 0.2) is 0 Å². The van der Waals surface area contributed by atoms with Crippen molar-refractivity contribution in [3.05, 3.63) is 75.2 Å². The van der Waals surface area contributed by atoms with Gasteiger partial charge in [-0.25, -0.2) is 9.48 Å². The van der Waals surface area contributed by atoms with Crippen LogP contribution >= 0.6 is 11.6 Å². The first-order valence-corrected chi connectivity index (χ1v) is 12.8. The van der Waals surface area contributed by atoms with Crippen molar-refractivity contribution >= 4 is 34.2 Å². The predicted molar refractivity (Wildman–Crippen MR) is 142 cm³/mol. The average molecular weight is 567 g/mol. The molecule has 8 nitrogen and oxygen atoms in total. The molecule has 1 amide bonds. The Morgan fingerprint density at radius 3 is 2.38 bits per heavy atom. The molecule has 2 N–H and O–H groups in total. The normalized spacial score (nSPS) is 15.6. The van der Waals surface area contributed by atoms with E-state index in [-0.39, 0.29) is 17.5 Å². The third-order valence-corrected chi connectivity index (χ3v) is 6.60. The zero-order chi connectivity index (χ0) is 28.6. The maximum absolute atomic E-state index is 13.2.